The van der Waals surface area contributed by atoms with Gasteiger partial charge in [0.15, 0.2) is 0 Å². The van der Waals surface area contributed by atoms with Crippen molar-refractivity contribution in [3.8, 4) is 6.07 Å². The zero-order valence-corrected chi connectivity index (χ0v) is 12.1. The molecule has 0 saturated carbocycles. The van der Waals surface area contributed by atoms with Crippen LogP contribution in [-0.2, 0) is 0 Å². The van der Waals surface area contributed by atoms with Gasteiger partial charge in [0.05, 0.1) is 4.92 Å². The molecule has 1 N–H and O–H groups in total. The second kappa shape index (κ2) is 6.99. The van der Waals surface area contributed by atoms with Crippen LogP contribution in [0.4, 0.5) is 11.5 Å². The van der Waals surface area contributed by atoms with Gasteiger partial charge in [0.2, 0.25) is 5.69 Å². The molecule has 2 rings (SSSR count). The molecule has 0 aromatic carbocycles. The Morgan fingerprint density at radius 2 is 2.38 bits per heavy atom. The zero-order chi connectivity index (χ0) is 15.2. The first-order chi connectivity index (χ1) is 10.2. The number of rotatable bonds is 5. The van der Waals surface area contributed by atoms with E-state index in [0.717, 1.165) is 32.4 Å². The molecule has 1 atom stereocenters. The van der Waals surface area contributed by atoms with Gasteiger partial charge in [-0.25, -0.2) is 4.98 Å². The summed E-state index contributed by atoms with van der Waals surface area (Å²) in [5, 5.41) is 23.1. The van der Waals surface area contributed by atoms with Crippen molar-refractivity contribution in [1.29, 1.82) is 5.26 Å². The minimum absolute atomic E-state index is 0.115. The highest BCUT2D eigenvalue weighted by molar-refractivity contribution is 5.52. The van der Waals surface area contributed by atoms with Gasteiger partial charge in [-0.15, -0.1) is 0 Å². The number of nitrogens with one attached hydrogen (secondary N) is 1. The summed E-state index contributed by atoms with van der Waals surface area (Å²) in [4.78, 5) is 16.7. The second-order valence-corrected chi connectivity index (χ2v) is 5.14. The highest BCUT2D eigenvalue weighted by atomic mass is 16.6. The summed E-state index contributed by atoms with van der Waals surface area (Å²) in [6.45, 7) is 1.79. The Kier molecular flexibility index (Phi) is 5.06. The van der Waals surface area contributed by atoms with Crippen LogP contribution < -0.4 is 10.2 Å². The van der Waals surface area contributed by atoms with E-state index in [0.29, 0.717) is 11.9 Å². The van der Waals surface area contributed by atoms with Gasteiger partial charge in [-0.2, -0.15) is 5.26 Å². The van der Waals surface area contributed by atoms with Crippen molar-refractivity contribution in [2.45, 2.75) is 31.7 Å². The average molecular weight is 289 g/mol. The lowest BCUT2D eigenvalue weighted by molar-refractivity contribution is -0.385. The minimum Gasteiger partial charge on any atom is -0.354 e. The number of nitro groups is 1. The predicted octanol–water partition coefficient (Wildman–Crippen LogP) is 1.83. The fourth-order valence-electron chi connectivity index (χ4n) is 2.74. The number of hydrogen-bond donors (Lipinski definition) is 1. The summed E-state index contributed by atoms with van der Waals surface area (Å²) in [7, 11) is 1.92. The van der Waals surface area contributed by atoms with Gasteiger partial charge in [-0.05, 0) is 45.3 Å². The molecule has 1 saturated heterocycles. The van der Waals surface area contributed by atoms with Crippen molar-refractivity contribution in [2.75, 3.05) is 25.0 Å². The lowest BCUT2D eigenvalue weighted by atomic mass is 9.99. The fourth-order valence-corrected chi connectivity index (χ4v) is 2.74. The lowest BCUT2D eigenvalue weighted by Crippen LogP contribution is -2.41. The topological polar surface area (TPSA) is 95.1 Å². The van der Waals surface area contributed by atoms with Gasteiger partial charge in [0.1, 0.15) is 11.9 Å². The van der Waals surface area contributed by atoms with Gasteiger partial charge in [-0.1, -0.05) is 0 Å². The van der Waals surface area contributed by atoms with Crippen molar-refractivity contribution in [1.82, 2.24) is 10.3 Å². The summed E-state index contributed by atoms with van der Waals surface area (Å²) in [6, 6.07) is 5.22. The number of nitrogens with zero attached hydrogens (tertiary/aromatic N) is 4. The molecule has 0 radical (unpaired) electrons. The summed E-state index contributed by atoms with van der Waals surface area (Å²) in [6.07, 6.45) is 4.35. The van der Waals surface area contributed by atoms with E-state index >= 15 is 0 Å². The first-order valence-electron chi connectivity index (χ1n) is 7.14. The molecule has 1 fully saturated rings. The van der Waals surface area contributed by atoms with Crippen molar-refractivity contribution >= 4 is 11.5 Å². The van der Waals surface area contributed by atoms with Crippen LogP contribution in [0.2, 0.25) is 0 Å². The molecule has 7 heteroatoms. The average Bonchev–Trinajstić information content (AvgIpc) is 2.52. The van der Waals surface area contributed by atoms with Crippen molar-refractivity contribution in [3.05, 3.63) is 27.9 Å². The Bertz CT molecular complexity index is 555. The Morgan fingerprint density at radius 3 is 3.05 bits per heavy atom. The standard InChI is InChI=1S/C14H19N5O2/c1-16-8-7-11-4-2-3-9-18(11)14-6-5-13(19(20)21)12(10-15)17-14/h5-6,11,16H,2-4,7-9H2,1H3. The lowest BCUT2D eigenvalue weighted by Gasteiger charge is -2.36. The van der Waals surface area contributed by atoms with E-state index in [2.05, 4.69) is 15.2 Å². The van der Waals surface area contributed by atoms with Crippen LogP contribution >= 0.6 is 0 Å². The Morgan fingerprint density at radius 1 is 1.57 bits per heavy atom. The van der Waals surface area contributed by atoms with Gasteiger partial charge in [0, 0.05) is 18.7 Å². The molecule has 0 aliphatic carbocycles. The van der Waals surface area contributed by atoms with Crippen LogP contribution in [0.3, 0.4) is 0 Å². The van der Waals surface area contributed by atoms with E-state index in [-0.39, 0.29) is 11.4 Å². The van der Waals surface area contributed by atoms with Crippen molar-refractivity contribution < 1.29 is 4.92 Å². The Labute approximate surface area is 123 Å². The SMILES string of the molecule is CNCCC1CCCCN1c1ccc([N+](=O)[O-])c(C#N)n1. The summed E-state index contributed by atoms with van der Waals surface area (Å²) in [5.41, 5.74) is -0.347. The Balaban J connectivity index is 2.26. The van der Waals surface area contributed by atoms with E-state index in [1.54, 1.807) is 6.07 Å². The van der Waals surface area contributed by atoms with Crippen molar-refractivity contribution in [2.24, 2.45) is 0 Å². The summed E-state index contributed by atoms with van der Waals surface area (Å²) >= 11 is 0. The molecule has 112 valence electrons. The highest BCUT2D eigenvalue weighted by Gasteiger charge is 2.25. The maximum absolute atomic E-state index is 10.9. The third-order valence-corrected chi connectivity index (χ3v) is 3.81. The molecule has 1 aliphatic rings. The molecule has 1 unspecified atom stereocenters. The van der Waals surface area contributed by atoms with E-state index < -0.39 is 4.92 Å². The number of anilines is 1. The maximum atomic E-state index is 10.9. The van der Waals surface area contributed by atoms with Crippen LogP contribution in [0.5, 0.6) is 0 Å². The highest BCUT2D eigenvalue weighted by Crippen LogP contribution is 2.27. The third kappa shape index (κ3) is 3.47. The normalized spacial score (nSPS) is 18.3. The zero-order valence-electron chi connectivity index (χ0n) is 12.1. The van der Waals surface area contributed by atoms with Crippen LogP contribution in [0.1, 0.15) is 31.4 Å². The quantitative estimate of drug-likeness (QED) is 0.656. The number of nitriles is 1. The molecule has 1 aromatic heterocycles. The van der Waals surface area contributed by atoms with E-state index in [1.807, 2.05) is 13.1 Å². The van der Waals surface area contributed by atoms with Crippen molar-refractivity contribution in [3.63, 3.8) is 0 Å². The van der Waals surface area contributed by atoms with Gasteiger partial charge < -0.3 is 10.2 Å². The smallest absolute Gasteiger partial charge is 0.305 e. The van der Waals surface area contributed by atoms with Crippen LogP contribution in [0.15, 0.2) is 12.1 Å². The summed E-state index contributed by atoms with van der Waals surface area (Å²) < 4.78 is 0. The first kappa shape index (κ1) is 15.2. The monoisotopic (exact) mass is 289 g/mol. The third-order valence-electron chi connectivity index (χ3n) is 3.81. The number of aromatic nitrogens is 1. The van der Waals surface area contributed by atoms with E-state index in [4.69, 9.17) is 5.26 Å². The number of pyridine rings is 1. The van der Waals surface area contributed by atoms with Crippen LogP contribution in [0, 0.1) is 21.4 Å². The molecular weight excluding hydrogens is 270 g/mol. The predicted molar refractivity (Wildman–Crippen MR) is 79.1 cm³/mol. The fraction of sp³-hybridized carbons (Fsp3) is 0.571. The molecule has 0 bridgehead atoms. The van der Waals surface area contributed by atoms with Gasteiger partial charge >= 0.3 is 5.69 Å². The molecule has 0 spiro atoms. The molecule has 21 heavy (non-hydrogen) atoms. The van der Waals surface area contributed by atoms with Gasteiger partial charge in [-0.3, -0.25) is 10.1 Å². The minimum atomic E-state index is -0.565. The molecule has 7 nitrogen and oxygen atoms in total. The first-order valence-corrected chi connectivity index (χ1v) is 7.14. The van der Waals surface area contributed by atoms with Gasteiger partial charge in [0.25, 0.3) is 0 Å². The summed E-state index contributed by atoms with van der Waals surface area (Å²) in [5.74, 6) is 0.665. The second-order valence-electron chi connectivity index (χ2n) is 5.14. The number of hydrogen-bond acceptors (Lipinski definition) is 6. The molecule has 1 aliphatic heterocycles. The van der Waals surface area contributed by atoms with Crippen LogP contribution in [-0.4, -0.2) is 36.1 Å². The largest absolute Gasteiger partial charge is 0.354 e. The molecule has 2 heterocycles. The Hall–Kier alpha value is -2.20. The van der Waals surface area contributed by atoms with E-state index in [9.17, 15) is 10.1 Å². The molecular formula is C14H19N5O2. The molecule has 1 aromatic rings. The van der Waals surface area contributed by atoms with Crippen LogP contribution in [0.25, 0.3) is 0 Å². The maximum Gasteiger partial charge on any atom is 0.305 e. The number of piperidine rings is 1. The van der Waals surface area contributed by atoms with E-state index in [1.165, 1.54) is 12.5 Å². The molecule has 0 amide bonds.